The molecule has 0 amide bonds. The minimum Gasteiger partial charge on any atom is -0.457 e. The molecule has 1 spiro atoms. The molecule has 0 saturated heterocycles. The van der Waals surface area contributed by atoms with E-state index in [4.69, 9.17) is 15.2 Å². The number of allylic oxidation sites excluding steroid dienone is 10. The number of para-hydroxylation sites is 1. The van der Waals surface area contributed by atoms with Crippen LogP contribution < -0.4 is 15.2 Å². The summed E-state index contributed by atoms with van der Waals surface area (Å²) in [4.78, 5) is 0. The van der Waals surface area contributed by atoms with Gasteiger partial charge in [-0.3, -0.25) is 0 Å². The Hall–Kier alpha value is -5.28. The van der Waals surface area contributed by atoms with Gasteiger partial charge in [-0.2, -0.15) is 0 Å². The van der Waals surface area contributed by atoms with Gasteiger partial charge in [0.05, 0.1) is 5.41 Å². The van der Waals surface area contributed by atoms with Gasteiger partial charge in [0.15, 0.2) is 0 Å². The van der Waals surface area contributed by atoms with Crippen molar-refractivity contribution in [3.63, 3.8) is 0 Å². The van der Waals surface area contributed by atoms with Crippen LogP contribution in [0.3, 0.4) is 0 Å². The molecule has 45 heavy (non-hydrogen) atoms. The molecule has 4 aromatic carbocycles. The van der Waals surface area contributed by atoms with Crippen LogP contribution in [-0.4, -0.2) is 0 Å². The fourth-order valence-corrected chi connectivity index (χ4v) is 7.37. The lowest BCUT2D eigenvalue weighted by molar-refractivity contribution is 0.367. The molecule has 3 heteroatoms. The van der Waals surface area contributed by atoms with Gasteiger partial charge in [-0.1, -0.05) is 97.1 Å². The lowest BCUT2D eigenvalue weighted by Crippen LogP contribution is -2.39. The van der Waals surface area contributed by atoms with Gasteiger partial charge in [-0.15, -0.1) is 0 Å². The maximum Gasteiger partial charge on any atom is 0.132 e. The summed E-state index contributed by atoms with van der Waals surface area (Å²) in [5, 5.41) is 0. The Morgan fingerprint density at radius 1 is 0.733 bits per heavy atom. The monoisotopic (exact) mass is 585 g/mol. The van der Waals surface area contributed by atoms with E-state index in [0.717, 1.165) is 76.5 Å². The number of rotatable bonds is 4. The Morgan fingerprint density at radius 3 is 2.38 bits per heavy atom. The van der Waals surface area contributed by atoms with Crippen molar-refractivity contribution in [2.24, 2.45) is 5.73 Å². The minimum absolute atomic E-state index is 0.558. The van der Waals surface area contributed by atoms with Gasteiger partial charge in [0.1, 0.15) is 23.0 Å². The van der Waals surface area contributed by atoms with Crippen LogP contribution in [0.15, 0.2) is 145 Å². The molecule has 4 aliphatic rings. The van der Waals surface area contributed by atoms with Gasteiger partial charge in [-0.25, -0.2) is 0 Å². The van der Waals surface area contributed by atoms with Crippen molar-refractivity contribution in [3.05, 3.63) is 173 Å². The first kappa shape index (κ1) is 27.3. The molecule has 2 heterocycles. The SMILES string of the molecule is C/C=C\C=C(/N)c1ccc2c(c1)Oc1ccccc1C21C2=C(C=CCC2)Oc2cc(-c3cccc(C4=CC=CCC4)c3)ccc21. The summed E-state index contributed by atoms with van der Waals surface area (Å²) in [6.07, 6.45) is 20.9. The van der Waals surface area contributed by atoms with Crippen molar-refractivity contribution in [3.8, 4) is 28.4 Å². The first-order valence-electron chi connectivity index (χ1n) is 15.9. The maximum absolute atomic E-state index is 6.80. The lowest BCUT2D eigenvalue weighted by atomic mass is 9.60. The van der Waals surface area contributed by atoms with Gasteiger partial charge in [0.2, 0.25) is 0 Å². The standard InChI is InChI=1S/C42H35NO2/c1-2-3-18-37(43)32-22-24-36-41(27-32)45-39-20-10-8-17-34(39)42(36)33-16-7-9-19-38(33)44-40-26-31(21-23-35(40)42)30-15-11-14-29(25-30)28-12-5-4-6-13-28/h2-5,8-12,14-15,17-27H,6-7,13,16,43H2,1H3/b3-2-,37-18-. The molecule has 2 N–H and O–H groups in total. The fourth-order valence-electron chi connectivity index (χ4n) is 7.37. The van der Waals surface area contributed by atoms with Crippen LogP contribution in [0.5, 0.6) is 17.2 Å². The molecule has 2 aliphatic heterocycles. The van der Waals surface area contributed by atoms with E-state index in [9.17, 15) is 0 Å². The number of ether oxygens (including phenoxy) is 2. The van der Waals surface area contributed by atoms with Crippen LogP contribution in [0.1, 0.15) is 60.4 Å². The molecule has 3 nitrogen and oxygen atoms in total. The molecule has 0 radical (unpaired) electrons. The average Bonchev–Trinajstić information content (AvgIpc) is 3.10. The predicted molar refractivity (Wildman–Crippen MR) is 184 cm³/mol. The van der Waals surface area contributed by atoms with E-state index in [1.54, 1.807) is 0 Å². The largest absolute Gasteiger partial charge is 0.457 e. The molecule has 1 atom stereocenters. The zero-order valence-electron chi connectivity index (χ0n) is 25.4. The first-order valence-corrected chi connectivity index (χ1v) is 15.9. The third kappa shape index (κ3) is 4.42. The summed E-state index contributed by atoms with van der Waals surface area (Å²) in [5.41, 5.74) is 17.2. The van der Waals surface area contributed by atoms with Gasteiger partial charge < -0.3 is 15.2 Å². The molecule has 0 bridgehead atoms. The predicted octanol–water partition coefficient (Wildman–Crippen LogP) is 10.4. The van der Waals surface area contributed by atoms with E-state index in [0.29, 0.717) is 5.70 Å². The Balaban J connectivity index is 1.34. The molecule has 0 saturated carbocycles. The van der Waals surface area contributed by atoms with Crippen molar-refractivity contribution >= 4 is 11.3 Å². The molecule has 0 aromatic heterocycles. The van der Waals surface area contributed by atoms with E-state index in [2.05, 4.69) is 109 Å². The second-order valence-electron chi connectivity index (χ2n) is 12.0. The number of benzene rings is 4. The van der Waals surface area contributed by atoms with E-state index >= 15 is 0 Å². The fraction of sp³-hybridized carbons (Fsp3) is 0.143. The number of hydrogen-bond donors (Lipinski definition) is 1. The summed E-state index contributed by atoms with van der Waals surface area (Å²) in [6.45, 7) is 1.99. The first-order chi connectivity index (χ1) is 22.2. The van der Waals surface area contributed by atoms with Crippen LogP contribution in [0.25, 0.3) is 22.4 Å². The summed E-state index contributed by atoms with van der Waals surface area (Å²) >= 11 is 0. The zero-order valence-corrected chi connectivity index (χ0v) is 25.4. The summed E-state index contributed by atoms with van der Waals surface area (Å²) in [7, 11) is 0. The quantitative estimate of drug-likeness (QED) is 0.242. The molecule has 2 aliphatic carbocycles. The van der Waals surface area contributed by atoms with E-state index in [1.165, 1.54) is 22.3 Å². The summed E-state index contributed by atoms with van der Waals surface area (Å²) in [6, 6.07) is 30.5. The van der Waals surface area contributed by atoms with Crippen molar-refractivity contribution in [1.82, 2.24) is 0 Å². The highest BCUT2D eigenvalue weighted by Gasteiger charge is 2.51. The second-order valence-corrected chi connectivity index (χ2v) is 12.0. The highest BCUT2D eigenvalue weighted by atomic mass is 16.5. The maximum atomic E-state index is 6.80. The van der Waals surface area contributed by atoms with Gasteiger partial charge in [-0.05, 0) is 96.9 Å². The smallest absolute Gasteiger partial charge is 0.132 e. The third-order valence-corrected chi connectivity index (χ3v) is 9.46. The van der Waals surface area contributed by atoms with Crippen LogP contribution in [0.4, 0.5) is 0 Å². The molecular formula is C42H35NO2. The Bertz CT molecular complexity index is 2040. The summed E-state index contributed by atoms with van der Waals surface area (Å²) < 4.78 is 13.5. The van der Waals surface area contributed by atoms with Crippen LogP contribution in [0, 0.1) is 0 Å². The number of hydrogen-bond acceptors (Lipinski definition) is 3. The number of nitrogens with two attached hydrogens (primary N) is 1. The minimum atomic E-state index is -0.558. The van der Waals surface area contributed by atoms with Crippen molar-refractivity contribution in [2.45, 2.75) is 38.0 Å². The highest BCUT2D eigenvalue weighted by molar-refractivity contribution is 5.79. The van der Waals surface area contributed by atoms with Gasteiger partial charge >= 0.3 is 0 Å². The normalized spacial score (nSPS) is 19.8. The van der Waals surface area contributed by atoms with Gasteiger partial charge in [0, 0.05) is 28.0 Å². The van der Waals surface area contributed by atoms with Crippen LogP contribution >= 0.6 is 0 Å². The second kappa shape index (κ2) is 11.0. The van der Waals surface area contributed by atoms with E-state index in [-0.39, 0.29) is 0 Å². The Labute approximate surface area is 265 Å². The molecule has 1 unspecified atom stereocenters. The molecule has 8 rings (SSSR count). The molecule has 4 aromatic rings. The third-order valence-electron chi connectivity index (χ3n) is 9.46. The lowest BCUT2D eigenvalue weighted by Gasteiger charge is -2.46. The zero-order chi connectivity index (χ0) is 30.4. The topological polar surface area (TPSA) is 44.5 Å². The van der Waals surface area contributed by atoms with E-state index < -0.39 is 5.41 Å². The van der Waals surface area contributed by atoms with Crippen LogP contribution in [0.2, 0.25) is 0 Å². The number of fused-ring (bicyclic) bond motifs is 7. The highest BCUT2D eigenvalue weighted by Crippen LogP contribution is 2.61. The van der Waals surface area contributed by atoms with E-state index in [1.807, 2.05) is 31.2 Å². The van der Waals surface area contributed by atoms with Gasteiger partial charge in [0.25, 0.3) is 0 Å². The summed E-state index contributed by atoms with van der Waals surface area (Å²) in [5.74, 6) is 3.49. The molecule has 220 valence electrons. The van der Waals surface area contributed by atoms with Crippen molar-refractivity contribution in [2.75, 3.05) is 0 Å². The van der Waals surface area contributed by atoms with Crippen molar-refractivity contribution < 1.29 is 9.47 Å². The molecule has 0 fully saturated rings. The average molecular weight is 586 g/mol. The Kier molecular flexibility index (Phi) is 6.68. The van der Waals surface area contributed by atoms with Crippen LogP contribution in [-0.2, 0) is 5.41 Å². The Morgan fingerprint density at radius 2 is 1.51 bits per heavy atom. The molecular weight excluding hydrogens is 550 g/mol. The van der Waals surface area contributed by atoms with Crippen molar-refractivity contribution in [1.29, 1.82) is 0 Å².